The number of carboxylic acids is 1. The fourth-order valence-corrected chi connectivity index (χ4v) is 7.67. The number of carbonyl (C=O) groups is 2. The Morgan fingerprint density at radius 3 is 2.34 bits per heavy atom. The van der Waals surface area contributed by atoms with E-state index >= 15 is 4.39 Å². The van der Waals surface area contributed by atoms with Crippen LogP contribution in [-0.4, -0.2) is 62.1 Å². The number of aromatic nitrogens is 1. The number of aromatic carboxylic acids is 1. The molecular formula is C37H36Cl2FN3O7. The third-order valence-electron chi connectivity index (χ3n) is 9.59. The van der Waals surface area contributed by atoms with Crippen LogP contribution in [0.3, 0.4) is 0 Å². The number of rotatable bonds is 11. The summed E-state index contributed by atoms with van der Waals surface area (Å²) >= 11 is 13.2. The van der Waals surface area contributed by atoms with Crippen LogP contribution in [0, 0.1) is 11.7 Å². The molecule has 13 heteroatoms. The first-order valence-corrected chi connectivity index (χ1v) is 16.9. The van der Waals surface area contributed by atoms with Gasteiger partial charge in [0, 0.05) is 28.3 Å². The van der Waals surface area contributed by atoms with Gasteiger partial charge in [-0.1, -0.05) is 59.6 Å². The van der Waals surface area contributed by atoms with Crippen molar-refractivity contribution in [2.75, 3.05) is 38.8 Å². The number of halogens is 3. The van der Waals surface area contributed by atoms with Crippen LogP contribution < -0.4 is 24.2 Å². The summed E-state index contributed by atoms with van der Waals surface area (Å²) in [6, 6.07) is 15.7. The number of anilines is 1. The number of nitrogens with zero attached hydrogens (tertiary/aromatic N) is 3. The van der Waals surface area contributed by atoms with Crippen molar-refractivity contribution in [3.63, 3.8) is 0 Å². The zero-order valence-electron chi connectivity index (χ0n) is 27.5. The molecule has 2 atom stereocenters. The predicted octanol–water partition coefficient (Wildman–Crippen LogP) is 5.65. The fourth-order valence-electron chi connectivity index (χ4n) is 7.06. The van der Waals surface area contributed by atoms with Crippen LogP contribution in [0.2, 0.25) is 10.0 Å². The van der Waals surface area contributed by atoms with Gasteiger partial charge in [-0.05, 0) is 79.2 Å². The average Bonchev–Trinajstić information content (AvgIpc) is 3.11. The number of carbonyl (C=O) groups excluding carboxylic acids is 2. The van der Waals surface area contributed by atoms with Gasteiger partial charge in [-0.2, -0.15) is 0 Å². The molecule has 2 bridgehead atoms. The van der Waals surface area contributed by atoms with Crippen LogP contribution in [0.1, 0.15) is 51.4 Å². The van der Waals surface area contributed by atoms with Crippen molar-refractivity contribution < 1.29 is 43.2 Å². The molecule has 1 amide bonds. The van der Waals surface area contributed by atoms with E-state index in [1.807, 2.05) is 0 Å². The summed E-state index contributed by atoms with van der Waals surface area (Å²) in [7, 11) is 2.98. The molecule has 0 unspecified atom stereocenters. The molecule has 4 aromatic rings. The molecule has 262 valence electrons. The van der Waals surface area contributed by atoms with Gasteiger partial charge in [0.15, 0.2) is 11.5 Å². The topological polar surface area (TPSA) is 115 Å². The number of methoxy groups -OCH3 is 2. The standard InChI is InChI=1S/C37H36Cl2FN3O7/c1-48-32-11-10-23(16-33(32)49-2)26(17-27-28(38)19-42(47)20-29(27)39)35-24(6-5-7-25(35)36(44)45)18-43(31-9-4-3-8-30(31)40)37(46)50-34-21-41-14-12-22(34)13-15-41/h3-11,16,19-20,22,26,34H,12-15,17-18,21H2,1-2H3,(H-,44,45,47)/t26-,34-/m0/s1. The summed E-state index contributed by atoms with van der Waals surface area (Å²) in [6.07, 6.45) is 3.30. The summed E-state index contributed by atoms with van der Waals surface area (Å²) in [5, 5.41) is 23.1. The van der Waals surface area contributed by atoms with Crippen LogP contribution in [0.15, 0.2) is 73.1 Å². The Kier molecular flexibility index (Phi) is 10.7. The van der Waals surface area contributed by atoms with Crippen molar-refractivity contribution in [2.45, 2.75) is 37.8 Å². The molecule has 3 saturated heterocycles. The Labute approximate surface area is 299 Å². The number of carboxylic acid groups (broad SMARTS) is 1. The lowest BCUT2D eigenvalue weighted by Crippen LogP contribution is -2.53. The molecule has 10 nitrogen and oxygen atoms in total. The third kappa shape index (κ3) is 7.31. The Morgan fingerprint density at radius 2 is 1.72 bits per heavy atom. The molecule has 0 spiro atoms. The van der Waals surface area contributed by atoms with Crippen molar-refractivity contribution in [1.82, 2.24) is 4.90 Å². The molecule has 0 aliphatic carbocycles. The lowest BCUT2D eigenvalue weighted by atomic mass is 9.80. The molecule has 7 rings (SSSR count). The third-order valence-corrected chi connectivity index (χ3v) is 10.2. The van der Waals surface area contributed by atoms with E-state index in [9.17, 15) is 19.9 Å². The number of fused-ring (bicyclic) bond motifs is 3. The Balaban J connectivity index is 1.49. The summed E-state index contributed by atoms with van der Waals surface area (Å²) in [5.74, 6) is -1.86. The normalized spacial score (nSPS) is 18.7. The Bertz CT molecular complexity index is 1880. The van der Waals surface area contributed by atoms with Crippen molar-refractivity contribution in [2.24, 2.45) is 5.92 Å². The van der Waals surface area contributed by atoms with Gasteiger partial charge in [-0.25, -0.2) is 9.18 Å². The molecule has 1 aromatic heterocycles. The second-order valence-corrected chi connectivity index (χ2v) is 13.3. The number of ether oxygens (including phenoxy) is 3. The molecule has 1 N–H and O–H groups in total. The first kappa shape index (κ1) is 35.3. The smallest absolute Gasteiger partial charge is 0.415 e. The van der Waals surface area contributed by atoms with E-state index in [0.29, 0.717) is 34.7 Å². The average molecular weight is 725 g/mol. The first-order chi connectivity index (χ1) is 24.1. The summed E-state index contributed by atoms with van der Waals surface area (Å²) in [4.78, 5) is 30.4. The molecule has 0 radical (unpaired) electrons. The van der Waals surface area contributed by atoms with Gasteiger partial charge in [0.05, 0.1) is 32.4 Å². The number of hydrogen-bond acceptors (Lipinski definition) is 8. The molecule has 50 heavy (non-hydrogen) atoms. The van der Waals surface area contributed by atoms with Crippen molar-refractivity contribution >= 4 is 41.0 Å². The summed E-state index contributed by atoms with van der Waals surface area (Å²) < 4.78 is 33.3. The highest BCUT2D eigenvalue weighted by molar-refractivity contribution is 6.35. The van der Waals surface area contributed by atoms with Gasteiger partial charge in [0.2, 0.25) is 12.4 Å². The minimum absolute atomic E-state index is 0.0205. The minimum atomic E-state index is -1.46. The largest absolute Gasteiger partial charge is 0.545 e. The van der Waals surface area contributed by atoms with E-state index in [4.69, 9.17) is 37.4 Å². The molecule has 0 saturated carbocycles. The van der Waals surface area contributed by atoms with Crippen molar-refractivity contribution in [3.05, 3.63) is 117 Å². The van der Waals surface area contributed by atoms with Crippen molar-refractivity contribution in [1.29, 1.82) is 0 Å². The van der Waals surface area contributed by atoms with Crippen LogP contribution in [-0.2, 0) is 17.7 Å². The maximum Gasteiger partial charge on any atom is 0.415 e. The van der Waals surface area contributed by atoms with Gasteiger partial charge in [0.1, 0.15) is 22.0 Å². The maximum atomic E-state index is 15.5. The minimum Gasteiger partial charge on any atom is -0.545 e. The van der Waals surface area contributed by atoms with Crippen LogP contribution >= 0.6 is 23.2 Å². The zero-order chi connectivity index (χ0) is 35.5. The number of amides is 1. The molecule has 3 aliphatic rings. The second kappa shape index (κ2) is 15.1. The van der Waals surface area contributed by atoms with Gasteiger partial charge in [0.25, 0.3) is 0 Å². The molecule has 3 aromatic carbocycles. The number of hydrogen-bond donors (Lipinski definition) is 1. The van der Waals surface area contributed by atoms with E-state index < -0.39 is 23.8 Å². The quantitative estimate of drug-likeness (QED) is 0.156. The number of piperidine rings is 3. The van der Waals surface area contributed by atoms with E-state index in [1.54, 1.807) is 36.4 Å². The van der Waals surface area contributed by atoms with Crippen LogP contribution in [0.5, 0.6) is 11.5 Å². The monoisotopic (exact) mass is 723 g/mol. The maximum absolute atomic E-state index is 15.5. The first-order valence-electron chi connectivity index (χ1n) is 16.2. The lowest BCUT2D eigenvalue weighted by Gasteiger charge is -2.44. The lowest BCUT2D eigenvalue weighted by molar-refractivity contribution is -0.904. The summed E-state index contributed by atoms with van der Waals surface area (Å²) in [6.45, 7) is 2.25. The van der Waals surface area contributed by atoms with Crippen molar-refractivity contribution in [3.8, 4) is 11.5 Å². The highest BCUT2D eigenvalue weighted by Crippen LogP contribution is 2.41. The highest BCUT2D eigenvalue weighted by Gasteiger charge is 2.38. The fraction of sp³-hybridized carbons (Fsp3) is 0.324. The van der Waals surface area contributed by atoms with Crippen LogP contribution in [0.25, 0.3) is 0 Å². The SMILES string of the molecule is COc1ccc([C@H](Cc2c(Cl)c[n+](O)cc2Cl)c2c(CN(C(=O)O[C@H]3CN4CCC3CC4)c3ccccc3F)cccc2C(=O)[O-])cc1OC. The van der Waals surface area contributed by atoms with Gasteiger partial charge < -0.3 is 24.1 Å². The van der Waals surface area contributed by atoms with Gasteiger partial charge >= 0.3 is 6.09 Å². The predicted molar refractivity (Wildman–Crippen MR) is 182 cm³/mol. The molecular weight excluding hydrogens is 688 g/mol. The van der Waals surface area contributed by atoms with E-state index in [0.717, 1.165) is 30.7 Å². The molecule has 4 heterocycles. The highest BCUT2D eigenvalue weighted by atomic mass is 35.5. The Morgan fingerprint density at radius 1 is 1.02 bits per heavy atom. The second-order valence-electron chi connectivity index (χ2n) is 12.4. The molecule has 3 aliphatic heterocycles. The number of benzene rings is 3. The number of pyridine rings is 1. The van der Waals surface area contributed by atoms with E-state index in [-0.39, 0.29) is 51.8 Å². The van der Waals surface area contributed by atoms with Gasteiger partial charge in [-0.3, -0.25) is 15.0 Å². The Hall–Kier alpha value is -4.58. The number of para-hydroxylation sites is 1. The summed E-state index contributed by atoms with van der Waals surface area (Å²) in [5.41, 5.74) is 1.52. The van der Waals surface area contributed by atoms with E-state index in [1.165, 1.54) is 55.8 Å². The van der Waals surface area contributed by atoms with E-state index in [2.05, 4.69) is 4.90 Å². The zero-order valence-corrected chi connectivity index (χ0v) is 29.0. The molecule has 3 fully saturated rings. The van der Waals surface area contributed by atoms with Gasteiger partial charge in [-0.15, -0.1) is 0 Å². The van der Waals surface area contributed by atoms with Crippen LogP contribution in [0.4, 0.5) is 14.9 Å².